The monoisotopic (exact) mass is 301 g/mol. The van der Waals surface area contributed by atoms with Gasteiger partial charge in [-0.2, -0.15) is 0 Å². The largest absolute Gasteiger partial charge is 0.504 e. The molecule has 0 aliphatic heterocycles. The lowest BCUT2D eigenvalue weighted by atomic mass is 9.87. The molecule has 0 radical (unpaired) electrons. The zero-order valence-corrected chi connectivity index (χ0v) is 11.8. The van der Waals surface area contributed by atoms with E-state index >= 15 is 0 Å². The fourth-order valence-corrected chi connectivity index (χ4v) is 2.34. The fraction of sp³-hybridized carbons (Fsp3) is 0.538. The average Bonchev–Trinajstić information content (AvgIpc) is 2.31. The van der Waals surface area contributed by atoms with E-state index in [2.05, 4.69) is 12.2 Å². The molecule has 0 aromatic heterocycles. The van der Waals surface area contributed by atoms with Gasteiger partial charge in [-0.1, -0.05) is 13.0 Å². The molecule has 96 valence electrons. The maximum Gasteiger partial charge on any atom is 0.160 e. The van der Waals surface area contributed by atoms with E-state index in [-0.39, 0.29) is 28.5 Å². The highest BCUT2D eigenvalue weighted by Gasteiger charge is 2.21. The molecule has 0 saturated carbocycles. The Morgan fingerprint density at radius 2 is 2.12 bits per heavy atom. The molecule has 1 aliphatic carbocycles. The molecule has 0 fully saturated rings. The summed E-state index contributed by atoms with van der Waals surface area (Å²) < 4.78 is 0. The Hall–Kier alpha value is -0.740. The summed E-state index contributed by atoms with van der Waals surface area (Å²) in [6.45, 7) is 3.21. The minimum absolute atomic E-state index is 0. The molecule has 2 rings (SSSR count). The average molecular weight is 302 g/mol. The van der Waals surface area contributed by atoms with Gasteiger partial charge in [0.15, 0.2) is 11.5 Å². The molecular weight excluding hydrogens is 282 g/mol. The summed E-state index contributed by atoms with van der Waals surface area (Å²) in [4.78, 5) is 0. The van der Waals surface area contributed by atoms with E-state index < -0.39 is 0 Å². The predicted molar refractivity (Wildman–Crippen MR) is 74.2 cm³/mol. The number of hydrogen-bond donors (Lipinski definition) is 3. The molecule has 0 amide bonds. The minimum Gasteiger partial charge on any atom is -0.504 e. The van der Waals surface area contributed by atoms with Gasteiger partial charge < -0.3 is 15.5 Å². The number of rotatable bonds is 3. The van der Waals surface area contributed by atoms with Gasteiger partial charge in [0.2, 0.25) is 0 Å². The van der Waals surface area contributed by atoms with Crippen LogP contribution in [0.15, 0.2) is 12.1 Å². The van der Waals surface area contributed by atoms with Gasteiger partial charge in [0, 0.05) is 11.6 Å². The van der Waals surface area contributed by atoms with Crippen LogP contribution in [0.25, 0.3) is 0 Å². The van der Waals surface area contributed by atoms with Crippen LogP contribution in [0.4, 0.5) is 0 Å². The first-order valence-corrected chi connectivity index (χ1v) is 5.98. The summed E-state index contributed by atoms with van der Waals surface area (Å²) in [5.41, 5.74) is 2.09. The van der Waals surface area contributed by atoms with Crippen molar-refractivity contribution in [3.05, 3.63) is 23.3 Å². The van der Waals surface area contributed by atoms with Crippen molar-refractivity contribution in [3.8, 4) is 11.5 Å². The highest BCUT2D eigenvalue weighted by molar-refractivity contribution is 8.93. The van der Waals surface area contributed by atoms with Crippen LogP contribution < -0.4 is 5.32 Å². The van der Waals surface area contributed by atoms with Crippen molar-refractivity contribution in [3.63, 3.8) is 0 Å². The van der Waals surface area contributed by atoms with E-state index in [9.17, 15) is 10.2 Å². The standard InChI is InChI=1S/C13H19NO2.BrH/c1-2-7-14-10-4-5-11-9(8-10)3-6-12(15)13(11)16;/h3,6,10,14-16H,2,4-5,7-8H2,1H3;1H/t10-;/m0./s1. The SMILES string of the molecule is Br.CCCN[C@H]1CCc2c(ccc(O)c2O)C1. The summed E-state index contributed by atoms with van der Waals surface area (Å²) in [5.74, 6) is 0.0742. The van der Waals surface area contributed by atoms with Crippen LogP contribution >= 0.6 is 17.0 Å². The van der Waals surface area contributed by atoms with Crippen molar-refractivity contribution in [2.45, 2.75) is 38.6 Å². The van der Waals surface area contributed by atoms with Crippen LogP contribution in [-0.2, 0) is 12.8 Å². The Labute approximate surface area is 113 Å². The number of halogens is 1. The number of benzene rings is 1. The molecular formula is C13H20BrNO2. The molecule has 0 saturated heterocycles. The Morgan fingerprint density at radius 3 is 2.82 bits per heavy atom. The van der Waals surface area contributed by atoms with E-state index in [1.165, 1.54) is 0 Å². The van der Waals surface area contributed by atoms with E-state index in [1.54, 1.807) is 6.07 Å². The first-order valence-electron chi connectivity index (χ1n) is 5.98. The van der Waals surface area contributed by atoms with Gasteiger partial charge in [-0.25, -0.2) is 0 Å². The molecule has 0 unspecified atom stereocenters. The second-order valence-corrected chi connectivity index (χ2v) is 4.46. The molecule has 0 spiro atoms. The lowest BCUT2D eigenvalue weighted by molar-refractivity contribution is 0.388. The van der Waals surface area contributed by atoms with Crippen molar-refractivity contribution in [2.24, 2.45) is 0 Å². The summed E-state index contributed by atoms with van der Waals surface area (Å²) in [6, 6.07) is 4.01. The van der Waals surface area contributed by atoms with Gasteiger partial charge in [0.25, 0.3) is 0 Å². The van der Waals surface area contributed by atoms with Crippen molar-refractivity contribution in [1.82, 2.24) is 5.32 Å². The van der Waals surface area contributed by atoms with Crippen LogP contribution in [-0.4, -0.2) is 22.8 Å². The van der Waals surface area contributed by atoms with Crippen LogP contribution in [0.5, 0.6) is 11.5 Å². The Morgan fingerprint density at radius 1 is 1.35 bits per heavy atom. The first kappa shape index (κ1) is 14.3. The van der Waals surface area contributed by atoms with Gasteiger partial charge >= 0.3 is 0 Å². The molecule has 1 atom stereocenters. The van der Waals surface area contributed by atoms with Gasteiger partial charge in [0.1, 0.15) is 0 Å². The van der Waals surface area contributed by atoms with Crippen LogP contribution in [0, 0.1) is 0 Å². The zero-order valence-electron chi connectivity index (χ0n) is 10.1. The van der Waals surface area contributed by atoms with Crippen LogP contribution in [0.2, 0.25) is 0 Å². The second kappa shape index (κ2) is 6.26. The van der Waals surface area contributed by atoms with E-state index in [0.29, 0.717) is 6.04 Å². The van der Waals surface area contributed by atoms with E-state index in [0.717, 1.165) is 43.4 Å². The highest BCUT2D eigenvalue weighted by Crippen LogP contribution is 2.35. The summed E-state index contributed by atoms with van der Waals surface area (Å²) in [7, 11) is 0. The molecule has 1 aromatic rings. The fourth-order valence-electron chi connectivity index (χ4n) is 2.34. The normalized spacial score (nSPS) is 18.3. The smallest absolute Gasteiger partial charge is 0.160 e. The van der Waals surface area contributed by atoms with Gasteiger partial charge in [-0.15, -0.1) is 17.0 Å². The van der Waals surface area contributed by atoms with Crippen molar-refractivity contribution in [1.29, 1.82) is 0 Å². The Balaban J connectivity index is 0.00000144. The van der Waals surface area contributed by atoms with Gasteiger partial charge in [-0.3, -0.25) is 0 Å². The summed E-state index contributed by atoms with van der Waals surface area (Å²) in [5, 5.41) is 22.7. The predicted octanol–water partition coefficient (Wildman–Crippen LogP) is 2.53. The summed E-state index contributed by atoms with van der Waals surface area (Å²) in [6.07, 6.45) is 3.97. The van der Waals surface area contributed by atoms with Gasteiger partial charge in [-0.05, 0) is 43.9 Å². The lowest BCUT2D eigenvalue weighted by Gasteiger charge is -2.26. The number of fused-ring (bicyclic) bond motifs is 1. The number of nitrogens with one attached hydrogen (secondary N) is 1. The van der Waals surface area contributed by atoms with Crippen molar-refractivity contribution >= 4 is 17.0 Å². The maximum atomic E-state index is 9.74. The molecule has 17 heavy (non-hydrogen) atoms. The maximum absolute atomic E-state index is 9.74. The first-order chi connectivity index (χ1) is 7.72. The summed E-state index contributed by atoms with van der Waals surface area (Å²) >= 11 is 0. The molecule has 0 bridgehead atoms. The molecule has 4 heteroatoms. The third kappa shape index (κ3) is 3.13. The quantitative estimate of drug-likeness (QED) is 0.752. The number of aromatic hydroxyl groups is 2. The number of hydrogen-bond acceptors (Lipinski definition) is 3. The highest BCUT2D eigenvalue weighted by atomic mass is 79.9. The second-order valence-electron chi connectivity index (χ2n) is 4.46. The van der Waals surface area contributed by atoms with E-state index in [4.69, 9.17) is 0 Å². The molecule has 0 heterocycles. The Kier molecular flexibility index (Phi) is 5.28. The molecule has 1 aliphatic rings. The van der Waals surface area contributed by atoms with Gasteiger partial charge in [0.05, 0.1) is 0 Å². The topological polar surface area (TPSA) is 52.5 Å². The number of phenols is 2. The minimum atomic E-state index is -0.00119. The zero-order chi connectivity index (χ0) is 11.5. The molecule has 1 aromatic carbocycles. The lowest BCUT2D eigenvalue weighted by Crippen LogP contribution is -2.34. The molecule has 3 N–H and O–H groups in total. The Bertz CT molecular complexity index is 382. The molecule has 3 nitrogen and oxygen atoms in total. The van der Waals surface area contributed by atoms with Crippen molar-refractivity contribution in [2.75, 3.05) is 6.54 Å². The van der Waals surface area contributed by atoms with Crippen molar-refractivity contribution < 1.29 is 10.2 Å². The van der Waals surface area contributed by atoms with Crippen LogP contribution in [0.3, 0.4) is 0 Å². The third-order valence-electron chi connectivity index (χ3n) is 3.25. The number of phenolic OH excluding ortho intramolecular Hbond substituents is 2. The third-order valence-corrected chi connectivity index (χ3v) is 3.25. The van der Waals surface area contributed by atoms with E-state index in [1.807, 2.05) is 6.07 Å². The van der Waals surface area contributed by atoms with Crippen LogP contribution in [0.1, 0.15) is 30.9 Å².